The Morgan fingerprint density at radius 2 is 2.19 bits per heavy atom. The quantitative estimate of drug-likeness (QED) is 0.722. The largest absolute Gasteiger partial charge is 0.381 e. The molecule has 92 valence electrons. The number of aryl methyl sites for hydroxylation is 1. The van der Waals surface area contributed by atoms with Crippen LogP contribution in [0.25, 0.3) is 0 Å². The number of hydrogen-bond donors (Lipinski definition) is 1. The molecule has 0 aliphatic rings. The molecular weight excluding hydrogens is 202 g/mol. The third-order valence-electron chi connectivity index (χ3n) is 2.35. The summed E-state index contributed by atoms with van der Waals surface area (Å²) in [7, 11) is 0. The van der Waals surface area contributed by atoms with E-state index < -0.39 is 0 Å². The highest BCUT2D eigenvalue weighted by Gasteiger charge is 2.05. The summed E-state index contributed by atoms with van der Waals surface area (Å²) in [6.45, 7) is 8.85. The molecule has 0 fully saturated rings. The van der Waals surface area contributed by atoms with Gasteiger partial charge in [0.2, 0.25) is 0 Å². The number of nitrogens with two attached hydrogens (primary N) is 1. The predicted molar refractivity (Wildman–Crippen MR) is 65.1 cm³/mol. The normalized spacial score (nSPS) is 13.3. The van der Waals surface area contributed by atoms with Gasteiger partial charge in [0.1, 0.15) is 0 Å². The van der Waals surface area contributed by atoms with Crippen molar-refractivity contribution in [2.45, 2.75) is 39.8 Å². The second-order valence-electron chi connectivity index (χ2n) is 4.62. The van der Waals surface area contributed by atoms with Gasteiger partial charge >= 0.3 is 0 Å². The molecule has 1 atom stereocenters. The average molecular weight is 225 g/mol. The molecule has 0 aliphatic carbocycles. The van der Waals surface area contributed by atoms with Crippen LogP contribution in [0.2, 0.25) is 0 Å². The molecule has 0 spiro atoms. The monoisotopic (exact) mass is 225 g/mol. The van der Waals surface area contributed by atoms with Gasteiger partial charge in [-0.05, 0) is 19.3 Å². The minimum Gasteiger partial charge on any atom is -0.381 e. The van der Waals surface area contributed by atoms with Gasteiger partial charge in [-0.1, -0.05) is 13.8 Å². The highest BCUT2D eigenvalue weighted by Crippen LogP contribution is 2.09. The molecule has 1 heterocycles. The lowest BCUT2D eigenvalue weighted by Gasteiger charge is -2.11. The van der Waals surface area contributed by atoms with E-state index in [2.05, 4.69) is 23.4 Å². The third-order valence-corrected chi connectivity index (χ3v) is 2.35. The predicted octanol–water partition coefficient (Wildman–Crippen LogP) is 1.97. The molecule has 16 heavy (non-hydrogen) atoms. The van der Waals surface area contributed by atoms with Gasteiger partial charge in [-0.15, -0.1) is 0 Å². The summed E-state index contributed by atoms with van der Waals surface area (Å²) in [6.07, 6.45) is 4.67. The summed E-state index contributed by atoms with van der Waals surface area (Å²) >= 11 is 0. The zero-order chi connectivity index (χ0) is 12.0. The molecular formula is C12H23N3O. The van der Waals surface area contributed by atoms with Crippen LogP contribution in [-0.2, 0) is 11.3 Å². The second-order valence-corrected chi connectivity index (χ2v) is 4.62. The van der Waals surface area contributed by atoms with Gasteiger partial charge in [-0.3, -0.25) is 0 Å². The van der Waals surface area contributed by atoms with Crippen molar-refractivity contribution in [3.05, 3.63) is 18.2 Å². The summed E-state index contributed by atoms with van der Waals surface area (Å²) in [4.78, 5) is 4.11. The number of imidazole rings is 1. The minimum atomic E-state index is 0.0408. The first-order chi connectivity index (χ1) is 7.61. The molecule has 4 nitrogen and oxygen atoms in total. The molecule has 1 aromatic heterocycles. The molecule has 0 aliphatic heterocycles. The highest BCUT2D eigenvalue weighted by atomic mass is 16.5. The van der Waals surface area contributed by atoms with Crippen LogP contribution in [0.15, 0.2) is 12.5 Å². The molecule has 1 aromatic rings. The van der Waals surface area contributed by atoms with Crippen molar-refractivity contribution in [3.63, 3.8) is 0 Å². The number of aromatic nitrogens is 2. The van der Waals surface area contributed by atoms with Gasteiger partial charge in [-0.2, -0.15) is 0 Å². The van der Waals surface area contributed by atoms with E-state index >= 15 is 0 Å². The molecule has 0 saturated carbocycles. The smallest absolute Gasteiger partial charge is 0.0948 e. The van der Waals surface area contributed by atoms with Crippen LogP contribution in [0.3, 0.4) is 0 Å². The first-order valence-corrected chi connectivity index (χ1v) is 5.94. The fraction of sp³-hybridized carbons (Fsp3) is 0.750. The van der Waals surface area contributed by atoms with Crippen molar-refractivity contribution in [1.29, 1.82) is 0 Å². The Balaban J connectivity index is 2.24. The molecule has 4 heteroatoms. The zero-order valence-corrected chi connectivity index (χ0v) is 10.5. The van der Waals surface area contributed by atoms with Gasteiger partial charge in [0, 0.05) is 32.0 Å². The Morgan fingerprint density at radius 3 is 2.81 bits per heavy atom. The minimum absolute atomic E-state index is 0.0408. The van der Waals surface area contributed by atoms with Crippen LogP contribution in [0.1, 0.15) is 38.9 Å². The summed E-state index contributed by atoms with van der Waals surface area (Å²) < 4.78 is 7.63. The molecule has 0 saturated heterocycles. The van der Waals surface area contributed by atoms with E-state index in [-0.39, 0.29) is 6.04 Å². The SMILES string of the molecule is CC(C)COCCCn1cncc1C(C)N. The van der Waals surface area contributed by atoms with Crippen molar-refractivity contribution < 1.29 is 4.74 Å². The molecule has 1 unspecified atom stereocenters. The second kappa shape index (κ2) is 6.66. The van der Waals surface area contributed by atoms with Crippen LogP contribution in [0, 0.1) is 5.92 Å². The number of hydrogen-bond acceptors (Lipinski definition) is 3. The fourth-order valence-corrected chi connectivity index (χ4v) is 1.55. The molecule has 1 rings (SSSR count). The van der Waals surface area contributed by atoms with Gasteiger partial charge < -0.3 is 15.0 Å². The van der Waals surface area contributed by atoms with E-state index in [0.29, 0.717) is 5.92 Å². The first-order valence-electron chi connectivity index (χ1n) is 5.94. The number of rotatable bonds is 7. The lowest BCUT2D eigenvalue weighted by atomic mass is 10.2. The van der Waals surface area contributed by atoms with E-state index in [0.717, 1.165) is 31.9 Å². The molecule has 0 radical (unpaired) electrons. The van der Waals surface area contributed by atoms with Crippen molar-refractivity contribution in [1.82, 2.24) is 9.55 Å². The third kappa shape index (κ3) is 4.33. The van der Waals surface area contributed by atoms with Crippen LogP contribution in [0.5, 0.6) is 0 Å². The molecule has 2 N–H and O–H groups in total. The van der Waals surface area contributed by atoms with Crippen LogP contribution in [0.4, 0.5) is 0 Å². The van der Waals surface area contributed by atoms with Gasteiger partial charge in [0.15, 0.2) is 0 Å². The van der Waals surface area contributed by atoms with Gasteiger partial charge in [0.25, 0.3) is 0 Å². The van der Waals surface area contributed by atoms with E-state index in [1.54, 1.807) is 0 Å². The van der Waals surface area contributed by atoms with Gasteiger partial charge in [-0.25, -0.2) is 4.98 Å². The Bertz CT molecular complexity index is 294. The number of nitrogens with zero attached hydrogens (tertiary/aromatic N) is 2. The summed E-state index contributed by atoms with van der Waals surface area (Å²) in [5.74, 6) is 0.605. The first kappa shape index (κ1) is 13.2. The molecule has 0 amide bonds. The van der Waals surface area contributed by atoms with Crippen molar-refractivity contribution in [2.24, 2.45) is 11.7 Å². The summed E-state index contributed by atoms with van der Waals surface area (Å²) in [6, 6.07) is 0.0408. The van der Waals surface area contributed by atoms with Crippen molar-refractivity contribution in [3.8, 4) is 0 Å². The maximum atomic E-state index is 5.84. The van der Waals surface area contributed by atoms with E-state index in [4.69, 9.17) is 10.5 Å². The standard InChI is InChI=1S/C12H23N3O/c1-10(2)8-16-6-4-5-15-9-14-7-12(15)11(3)13/h7,9-11H,4-6,8,13H2,1-3H3. The molecule has 0 aromatic carbocycles. The summed E-state index contributed by atoms with van der Waals surface area (Å²) in [5.41, 5.74) is 6.92. The van der Waals surface area contributed by atoms with E-state index in [1.165, 1.54) is 0 Å². The zero-order valence-electron chi connectivity index (χ0n) is 10.5. The lowest BCUT2D eigenvalue weighted by molar-refractivity contribution is 0.105. The summed E-state index contributed by atoms with van der Waals surface area (Å²) in [5, 5.41) is 0. The Kier molecular flexibility index (Phi) is 5.49. The van der Waals surface area contributed by atoms with E-state index in [9.17, 15) is 0 Å². The maximum Gasteiger partial charge on any atom is 0.0948 e. The fourth-order valence-electron chi connectivity index (χ4n) is 1.55. The highest BCUT2D eigenvalue weighted by molar-refractivity contribution is 5.02. The Labute approximate surface area is 97.8 Å². The maximum absolute atomic E-state index is 5.84. The average Bonchev–Trinajstić information content (AvgIpc) is 2.65. The topological polar surface area (TPSA) is 53.1 Å². The van der Waals surface area contributed by atoms with Crippen LogP contribution < -0.4 is 5.73 Å². The lowest BCUT2D eigenvalue weighted by Crippen LogP contribution is -2.13. The van der Waals surface area contributed by atoms with Crippen molar-refractivity contribution in [2.75, 3.05) is 13.2 Å². The molecule has 0 bridgehead atoms. The number of ether oxygens (including phenoxy) is 1. The Morgan fingerprint density at radius 1 is 1.44 bits per heavy atom. The Hall–Kier alpha value is -0.870. The van der Waals surface area contributed by atoms with Crippen LogP contribution >= 0.6 is 0 Å². The van der Waals surface area contributed by atoms with Gasteiger partial charge in [0.05, 0.1) is 12.0 Å². The van der Waals surface area contributed by atoms with Crippen molar-refractivity contribution >= 4 is 0 Å². The van der Waals surface area contributed by atoms with Crippen LogP contribution in [-0.4, -0.2) is 22.8 Å². The van der Waals surface area contributed by atoms with E-state index in [1.807, 2.05) is 19.4 Å².